The molecule has 9 heteroatoms. The van der Waals surface area contributed by atoms with Crippen molar-refractivity contribution in [3.63, 3.8) is 0 Å². The molecule has 2 heterocycles. The molecule has 4 rings (SSSR count). The molecule has 0 aliphatic carbocycles. The molecule has 0 aliphatic rings. The van der Waals surface area contributed by atoms with Crippen LogP contribution in [0.15, 0.2) is 76.5 Å². The molecule has 0 spiro atoms. The molecule has 0 bridgehead atoms. The van der Waals surface area contributed by atoms with Crippen LogP contribution < -0.4 is 10.1 Å². The summed E-state index contributed by atoms with van der Waals surface area (Å²) in [6, 6.07) is 18.8. The number of amides is 1. The number of aromatic nitrogens is 3. The number of methoxy groups -OCH3 is 2. The van der Waals surface area contributed by atoms with Crippen molar-refractivity contribution in [2.75, 3.05) is 27.4 Å². The number of ether oxygens (including phenoxy) is 2. The fourth-order valence-corrected chi connectivity index (χ4v) is 4.22. The molecule has 8 nitrogen and oxygen atoms in total. The van der Waals surface area contributed by atoms with Crippen LogP contribution in [0, 0.1) is 0 Å². The van der Waals surface area contributed by atoms with Gasteiger partial charge in [-0.2, -0.15) is 0 Å². The highest BCUT2D eigenvalue weighted by Gasteiger charge is 2.19. The second-order valence-corrected chi connectivity index (χ2v) is 7.95. The molecule has 0 saturated carbocycles. The van der Waals surface area contributed by atoms with Gasteiger partial charge in [0.05, 0.1) is 25.7 Å². The van der Waals surface area contributed by atoms with Gasteiger partial charge in [0, 0.05) is 25.0 Å². The van der Waals surface area contributed by atoms with Crippen molar-refractivity contribution in [1.29, 1.82) is 0 Å². The van der Waals surface area contributed by atoms with Gasteiger partial charge in [-0.1, -0.05) is 30.0 Å². The lowest BCUT2D eigenvalue weighted by Gasteiger charge is -2.12. The number of furan rings is 1. The standard InChI is InChI=1S/C24H24N4O4S/c1-30-15-13-25-23(29)20-7-4-3-6-17(20)16-33-24-27-26-22(21-8-5-14-32-21)28(24)18-9-11-19(31-2)12-10-18/h3-12,14H,13,15-16H2,1-2H3,(H,25,29). The molecule has 4 aromatic rings. The predicted octanol–water partition coefficient (Wildman–Crippen LogP) is 4.20. The minimum Gasteiger partial charge on any atom is -0.497 e. The first-order valence-corrected chi connectivity index (χ1v) is 11.3. The highest BCUT2D eigenvalue weighted by atomic mass is 32.2. The number of carbonyl (C=O) groups excluding carboxylic acids is 1. The zero-order valence-electron chi connectivity index (χ0n) is 18.4. The summed E-state index contributed by atoms with van der Waals surface area (Å²) < 4.78 is 17.8. The quantitative estimate of drug-likeness (QED) is 0.278. The molecule has 2 aromatic carbocycles. The van der Waals surface area contributed by atoms with Gasteiger partial charge in [0.1, 0.15) is 5.75 Å². The second-order valence-electron chi connectivity index (χ2n) is 7.01. The van der Waals surface area contributed by atoms with Crippen LogP contribution in [-0.2, 0) is 10.5 Å². The maximum absolute atomic E-state index is 12.6. The van der Waals surface area contributed by atoms with Crippen molar-refractivity contribution in [3.8, 4) is 23.0 Å². The Kier molecular flexibility index (Phi) is 7.43. The third kappa shape index (κ3) is 5.27. The molecule has 170 valence electrons. The van der Waals surface area contributed by atoms with E-state index in [1.54, 1.807) is 20.5 Å². The molecular formula is C24H24N4O4S. The first kappa shape index (κ1) is 22.6. The van der Waals surface area contributed by atoms with Crippen molar-refractivity contribution in [2.24, 2.45) is 0 Å². The van der Waals surface area contributed by atoms with E-state index in [0.29, 0.717) is 41.2 Å². The first-order valence-electron chi connectivity index (χ1n) is 10.3. The highest BCUT2D eigenvalue weighted by Crippen LogP contribution is 2.31. The molecule has 0 saturated heterocycles. The van der Waals surface area contributed by atoms with Crippen LogP contribution in [0.1, 0.15) is 15.9 Å². The summed E-state index contributed by atoms with van der Waals surface area (Å²) in [6.45, 7) is 0.915. The average Bonchev–Trinajstić information content (AvgIpc) is 3.53. The molecular weight excluding hydrogens is 440 g/mol. The molecule has 0 radical (unpaired) electrons. The van der Waals surface area contributed by atoms with E-state index >= 15 is 0 Å². The van der Waals surface area contributed by atoms with Gasteiger partial charge in [0.15, 0.2) is 10.9 Å². The fourth-order valence-electron chi connectivity index (χ4n) is 3.26. The van der Waals surface area contributed by atoms with E-state index in [-0.39, 0.29) is 5.91 Å². The highest BCUT2D eigenvalue weighted by molar-refractivity contribution is 7.98. The summed E-state index contributed by atoms with van der Waals surface area (Å²) in [5, 5.41) is 12.3. The Morgan fingerprint density at radius 1 is 1.06 bits per heavy atom. The van der Waals surface area contributed by atoms with Crippen LogP contribution in [0.2, 0.25) is 0 Å². The molecule has 1 N–H and O–H groups in total. The van der Waals surface area contributed by atoms with Gasteiger partial charge in [-0.15, -0.1) is 10.2 Å². The second kappa shape index (κ2) is 10.8. The maximum atomic E-state index is 12.6. The third-order valence-electron chi connectivity index (χ3n) is 4.92. The van der Waals surface area contributed by atoms with Crippen molar-refractivity contribution in [3.05, 3.63) is 78.1 Å². The van der Waals surface area contributed by atoms with Crippen LogP contribution in [0.4, 0.5) is 0 Å². The number of nitrogens with zero attached hydrogens (tertiary/aromatic N) is 3. The zero-order valence-corrected chi connectivity index (χ0v) is 19.2. The molecule has 33 heavy (non-hydrogen) atoms. The minimum atomic E-state index is -0.129. The lowest BCUT2D eigenvalue weighted by Crippen LogP contribution is -2.27. The molecule has 0 aliphatic heterocycles. The monoisotopic (exact) mass is 464 g/mol. The van der Waals surface area contributed by atoms with Crippen LogP contribution in [0.25, 0.3) is 17.3 Å². The van der Waals surface area contributed by atoms with Crippen molar-refractivity contribution >= 4 is 17.7 Å². The lowest BCUT2D eigenvalue weighted by molar-refractivity contribution is 0.0936. The summed E-state index contributed by atoms with van der Waals surface area (Å²) in [5.74, 6) is 2.38. The fraction of sp³-hybridized carbons (Fsp3) is 0.208. The normalized spacial score (nSPS) is 10.8. The molecule has 0 fully saturated rings. The number of nitrogens with one attached hydrogen (secondary N) is 1. The third-order valence-corrected chi connectivity index (χ3v) is 5.89. The van der Waals surface area contributed by atoms with Gasteiger partial charge in [-0.25, -0.2) is 0 Å². The summed E-state index contributed by atoms with van der Waals surface area (Å²) in [6.07, 6.45) is 1.60. The van der Waals surface area contributed by atoms with Gasteiger partial charge >= 0.3 is 0 Å². The minimum absolute atomic E-state index is 0.129. The summed E-state index contributed by atoms with van der Waals surface area (Å²) in [5.41, 5.74) is 2.41. The Morgan fingerprint density at radius 3 is 2.61 bits per heavy atom. The van der Waals surface area contributed by atoms with E-state index in [1.165, 1.54) is 11.8 Å². The molecule has 1 amide bonds. The first-order chi connectivity index (χ1) is 16.2. The predicted molar refractivity (Wildman–Crippen MR) is 126 cm³/mol. The molecule has 0 atom stereocenters. The van der Waals surface area contributed by atoms with E-state index in [0.717, 1.165) is 17.0 Å². The summed E-state index contributed by atoms with van der Waals surface area (Å²) in [4.78, 5) is 12.6. The number of benzene rings is 2. The van der Waals surface area contributed by atoms with Gasteiger partial charge in [-0.05, 0) is 48.0 Å². The van der Waals surface area contributed by atoms with Gasteiger partial charge in [0.2, 0.25) is 5.82 Å². The molecule has 0 unspecified atom stereocenters. The summed E-state index contributed by atoms with van der Waals surface area (Å²) >= 11 is 1.49. The van der Waals surface area contributed by atoms with E-state index in [1.807, 2.05) is 65.2 Å². The van der Waals surface area contributed by atoms with Crippen LogP contribution in [0.3, 0.4) is 0 Å². The number of carbonyl (C=O) groups is 1. The topological polar surface area (TPSA) is 91.4 Å². The Morgan fingerprint density at radius 2 is 1.88 bits per heavy atom. The zero-order chi connectivity index (χ0) is 23.0. The lowest BCUT2D eigenvalue weighted by atomic mass is 10.1. The Labute approximate surface area is 195 Å². The van der Waals surface area contributed by atoms with Gasteiger partial charge in [-0.3, -0.25) is 9.36 Å². The Bertz CT molecular complexity index is 1190. The van der Waals surface area contributed by atoms with Crippen molar-refractivity contribution in [2.45, 2.75) is 10.9 Å². The average molecular weight is 465 g/mol. The van der Waals surface area contributed by atoms with Crippen LogP contribution >= 0.6 is 11.8 Å². The number of thioether (sulfide) groups is 1. The van der Waals surface area contributed by atoms with Gasteiger partial charge in [0.25, 0.3) is 5.91 Å². The number of rotatable bonds is 10. The number of hydrogen-bond donors (Lipinski definition) is 1. The van der Waals surface area contributed by atoms with E-state index in [4.69, 9.17) is 13.9 Å². The van der Waals surface area contributed by atoms with Gasteiger partial charge < -0.3 is 19.2 Å². The van der Waals surface area contributed by atoms with E-state index in [9.17, 15) is 4.79 Å². The van der Waals surface area contributed by atoms with E-state index < -0.39 is 0 Å². The SMILES string of the molecule is COCCNC(=O)c1ccccc1CSc1nnc(-c2ccco2)n1-c1ccc(OC)cc1. The Balaban J connectivity index is 1.61. The van der Waals surface area contributed by atoms with Crippen molar-refractivity contribution in [1.82, 2.24) is 20.1 Å². The summed E-state index contributed by atoms with van der Waals surface area (Å²) in [7, 11) is 3.24. The van der Waals surface area contributed by atoms with Crippen LogP contribution in [-0.4, -0.2) is 48.0 Å². The largest absolute Gasteiger partial charge is 0.497 e. The number of hydrogen-bond acceptors (Lipinski definition) is 7. The van der Waals surface area contributed by atoms with E-state index in [2.05, 4.69) is 15.5 Å². The van der Waals surface area contributed by atoms with Crippen molar-refractivity contribution < 1.29 is 18.7 Å². The Hall–Kier alpha value is -3.56. The molecule has 2 aromatic heterocycles. The van der Waals surface area contributed by atoms with Crippen LogP contribution in [0.5, 0.6) is 5.75 Å². The smallest absolute Gasteiger partial charge is 0.251 e. The maximum Gasteiger partial charge on any atom is 0.251 e.